The molecule has 1 aliphatic rings. The molecule has 1 unspecified atom stereocenters. The zero-order valence-electron chi connectivity index (χ0n) is 8.97. The Morgan fingerprint density at radius 2 is 2.33 bits per heavy atom. The van der Waals surface area contributed by atoms with E-state index in [-0.39, 0.29) is 0 Å². The van der Waals surface area contributed by atoms with Crippen molar-refractivity contribution in [3.63, 3.8) is 0 Å². The van der Waals surface area contributed by atoms with Gasteiger partial charge in [0.25, 0.3) is 0 Å². The highest BCUT2D eigenvalue weighted by Gasteiger charge is 2.29. The molecular weight excluding hydrogens is 209 g/mol. The predicted octanol–water partition coefficient (Wildman–Crippen LogP) is 3.16. The van der Waals surface area contributed by atoms with Crippen molar-refractivity contribution in [2.45, 2.75) is 37.8 Å². The number of hydrogen-bond donors (Lipinski definition) is 1. The van der Waals surface area contributed by atoms with Crippen molar-refractivity contribution < 1.29 is 4.39 Å². The molecule has 0 aromatic carbocycles. The first-order chi connectivity index (χ1) is 7.29. The Morgan fingerprint density at radius 1 is 1.40 bits per heavy atom. The summed E-state index contributed by atoms with van der Waals surface area (Å²) in [6.45, 7) is 1.81. The highest BCUT2D eigenvalue weighted by molar-refractivity contribution is 7.07. The van der Waals surface area contributed by atoms with Gasteiger partial charge in [0.1, 0.15) is 5.67 Å². The van der Waals surface area contributed by atoms with E-state index >= 15 is 0 Å². The van der Waals surface area contributed by atoms with E-state index in [1.807, 2.05) is 0 Å². The molecule has 2 heterocycles. The third-order valence-electron chi connectivity index (χ3n) is 3.17. The fourth-order valence-corrected chi connectivity index (χ4v) is 2.85. The first-order valence-corrected chi connectivity index (χ1v) is 6.64. The first-order valence-electron chi connectivity index (χ1n) is 5.69. The van der Waals surface area contributed by atoms with Gasteiger partial charge in [-0.15, -0.1) is 0 Å². The number of nitrogens with one attached hydrogen (secondary N) is 1. The van der Waals surface area contributed by atoms with E-state index in [0.717, 1.165) is 32.4 Å². The quantitative estimate of drug-likeness (QED) is 0.836. The summed E-state index contributed by atoms with van der Waals surface area (Å²) in [5.74, 6) is 0. The standard InChI is InChI=1S/C12H18FNS/c13-12(4-1-7-14-8-6-12)5-2-11-3-9-15-10-11/h3,9-10,14H,1-2,4-8H2. The van der Waals surface area contributed by atoms with Gasteiger partial charge in [-0.2, -0.15) is 11.3 Å². The minimum Gasteiger partial charge on any atom is -0.317 e. The molecule has 0 radical (unpaired) electrons. The van der Waals surface area contributed by atoms with Crippen LogP contribution in [0.3, 0.4) is 0 Å². The molecule has 1 saturated heterocycles. The average Bonchev–Trinajstić information content (AvgIpc) is 2.65. The zero-order valence-corrected chi connectivity index (χ0v) is 9.78. The summed E-state index contributed by atoms with van der Waals surface area (Å²) in [5.41, 5.74) is 0.361. The smallest absolute Gasteiger partial charge is 0.112 e. The molecule has 0 spiro atoms. The van der Waals surface area contributed by atoms with E-state index in [1.165, 1.54) is 5.56 Å². The lowest BCUT2D eigenvalue weighted by Gasteiger charge is -2.22. The van der Waals surface area contributed by atoms with Gasteiger partial charge in [-0.3, -0.25) is 0 Å². The highest BCUT2D eigenvalue weighted by Crippen LogP contribution is 2.29. The minimum atomic E-state index is -0.925. The Labute approximate surface area is 94.7 Å². The normalized spacial score (nSPS) is 27.5. The second kappa shape index (κ2) is 5.08. The number of aryl methyl sites for hydroxylation is 1. The number of thiophene rings is 1. The third-order valence-corrected chi connectivity index (χ3v) is 3.90. The van der Waals surface area contributed by atoms with Crippen molar-refractivity contribution in [1.82, 2.24) is 5.32 Å². The van der Waals surface area contributed by atoms with Crippen LogP contribution in [0.1, 0.15) is 31.2 Å². The molecule has 1 nitrogen and oxygen atoms in total. The number of hydrogen-bond acceptors (Lipinski definition) is 2. The third kappa shape index (κ3) is 3.28. The molecule has 1 aromatic heterocycles. The molecule has 0 bridgehead atoms. The van der Waals surface area contributed by atoms with Crippen molar-refractivity contribution in [2.75, 3.05) is 13.1 Å². The summed E-state index contributed by atoms with van der Waals surface area (Å²) < 4.78 is 14.4. The fourth-order valence-electron chi connectivity index (χ4n) is 2.15. The maximum Gasteiger partial charge on any atom is 0.112 e. The van der Waals surface area contributed by atoms with Crippen LogP contribution in [0.5, 0.6) is 0 Å². The SMILES string of the molecule is FC1(CCc2ccsc2)CCCNCC1. The largest absolute Gasteiger partial charge is 0.317 e. The fraction of sp³-hybridized carbons (Fsp3) is 0.667. The Balaban J connectivity index is 1.86. The molecule has 1 aromatic rings. The lowest BCUT2D eigenvalue weighted by atomic mass is 9.90. The molecule has 2 rings (SSSR count). The summed E-state index contributed by atoms with van der Waals surface area (Å²) in [4.78, 5) is 0. The highest BCUT2D eigenvalue weighted by atomic mass is 32.1. The van der Waals surface area contributed by atoms with Crippen LogP contribution in [-0.2, 0) is 6.42 Å². The number of halogens is 1. The van der Waals surface area contributed by atoms with Gasteiger partial charge in [0.05, 0.1) is 0 Å². The van der Waals surface area contributed by atoms with Crippen LogP contribution >= 0.6 is 11.3 Å². The van der Waals surface area contributed by atoms with Gasteiger partial charge < -0.3 is 5.32 Å². The second-order valence-corrected chi connectivity index (χ2v) is 5.17. The van der Waals surface area contributed by atoms with Gasteiger partial charge in [-0.1, -0.05) is 0 Å². The lowest BCUT2D eigenvalue weighted by molar-refractivity contribution is 0.132. The molecule has 0 aliphatic carbocycles. The topological polar surface area (TPSA) is 12.0 Å². The van der Waals surface area contributed by atoms with Crippen molar-refractivity contribution in [3.05, 3.63) is 22.4 Å². The first kappa shape index (κ1) is 11.1. The maximum absolute atomic E-state index is 14.4. The van der Waals surface area contributed by atoms with Gasteiger partial charge in [-0.05, 0) is 67.6 Å². The van der Waals surface area contributed by atoms with E-state index in [0.29, 0.717) is 12.8 Å². The van der Waals surface area contributed by atoms with Crippen LogP contribution in [0.2, 0.25) is 0 Å². The maximum atomic E-state index is 14.4. The van der Waals surface area contributed by atoms with E-state index in [1.54, 1.807) is 11.3 Å². The summed E-state index contributed by atoms with van der Waals surface area (Å²) in [5, 5.41) is 7.45. The van der Waals surface area contributed by atoms with E-state index < -0.39 is 5.67 Å². The van der Waals surface area contributed by atoms with Gasteiger partial charge >= 0.3 is 0 Å². The lowest BCUT2D eigenvalue weighted by Crippen LogP contribution is -2.25. The molecule has 0 saturated carbocycles. The molecule has 1 fully saturated rings. The molecular formula is C12H18FNS. The van der Waals surface area contributed by atoms with Crippen LogP contribution in [0.15, 0.2) is 16.8 Å². The Bertz CT molecular complexity index is 276. The summed E-state index contributed by atoms with van der Waals surface area (Å²) in [6, 6.07) is 2.10. The monoisotopic (exact) mass is 227 g/mol. The van der Waals surface area contributed by atoms with Crippen molar-refractivity contribution in [1.29, 1.82) is 0 Å². The average molecular weight is 227 g/mol. The molecule has 84 valence electrons. The van der Waals surface area contributed by atoms with Crippen LogP contribution in [0, 0.1) is 0 Å². The van der Waals surface area contributed by atoms with Crippen LogP contribution < -0.4 is 5.32 Å². The van der Waals surface area contributed by atoms with Gasteiger partial charge in [-0.25, -0.2) is 4.39 Å². The summed E-state index contributed by atoms with van der Waals surface area (Å²) >= 11 is 1.69. The molecule has 1 atom stereocenters. The molecule has 15 heavy (non-hydrogen) atoms. The van der Waals surface area contributed by atoms with Crippen molar-refractivity contribution in [3.8, 4) is 0 Å². The Morgan fingerprint density at radius 3 is 3.13 bits per heavy atom. The Hall–Kier alpha value is -0.410. The second-order valence-electron chi connectivity index (χ2n) is 4.39. The summed E-state index contributed by atoms with van der Waals surface area (Å²) in [6.07, 6.45) is 3.95. The number of rotatable bonds is 3. The van der Waals surface area contributed by atoms with Gasteiger partial charge in [0, 0.05) is 0 Å². The zero-order chi connectivity index (χ0) is 10.6. The van der Waals surface area contributed by atoms with Gasteiger partial charge in [0.15, 0.2) is 0 Å². The Kier molecular flexibility index (Phi) is 3.76. The van der Waals surface area contributed by atoms with Crippen molar-refractivity contribution in [2.24, 2.45) is 0 Å². The number of alkyl halides is 1. The molecule has 3 heteroatoms. The van der Waals surface area contributed by atoms with E-state index in [4.69, 9.17) is 0 Å². The van der Waals surface area contributed by atoms with E-state index in [9.17, 15) is 4.39 Å². The van der Waals surface area contributed by atoms with Crippen LogP contribution in [0.25, 0.3) is 0 Å². The predicted molar refractivity (Wildman–Crippen MR) is 63.2 cm³/mol. The summed E-state index contributed by atoms with van der Waals surface area (Å²) in [7, 11) is 0. The molecule has 0 amide bonds. The van der Waals surface area contributed by atoms with Crippen LogP contribution in [-0.4, -0.2) is 18.8 Å². The molecule has 1 aliphatic heterocycles. The minimum absolute atomic E-state index is 0.678. The van der Waals surface area contributed by atoms with Crippen LogP contribution in [0.4, 0.5) is 4.39 Å². The molecule has 1 N–H and O–H groups in total. The van der Waals surface area contributed by atoms with E-state index in [2.05, 4.69) is 22.1 Å². The van der Waals surface area contributed by atoms with Crippen molar-refractivity contribution >= 4 is 11.3 Å². The van der Waals surface area contributed by atoms with Gasteiger partial charge in [0.2, 0.25) is 0 Å².